The van der Waals surface area contributed by atoms with Crippen LogP contribution in [0, 0.1) is 0 Å². The SMILES string of the molecule is O=C(COc1ccc2cc(Br)ccc2c1Br)Nc1cccc2c(NC(=O)COc3ccc4cc(Br)ccc4c3Br)cccc12. The van der Waals surface area contributed by atoms with Crippen molar-refractivity contribution in [3.63, 3.8) is 0 Å². The van der Waals surface area contributed by atoms with Crippen LogP contribution in [0.25, 0.3) is 32.3 Å². The Morgan fingerprint density at radius 3 is 1.39 bits per heavy atom. The first-order valence-corrected chi connectivity index (χ1v) is 16.6. The van der Waals surface area contributed by atoms with Gasteiger partial charge in [-0.15, -0.1) is 0 Å². The topological polar surface area (TPSA) is 76.7 Å². The predicted molar refractivity (Wildman–Crippen MR) is 191 cm³/mol. The number of hydrogen-bond donors (Lipinski definition) is 2. The van der Waals surface area contributed by atoms with Crippen molar-refractivity contribution in [1.29, 1.82) is 0 Å². The van der Waals surface area contributed by atoms with E-state index >= 15 is 0 Å². The van der Waals surface area contributed by atoms with Gasteiger partial charge in [0.25, 0.3) is 11.8 Å². The predicted octanol–water partition coefficient (Wildman–Crippen LogP) is 10.2. The van der Waals surface area contributed by atoms with Crippen LogP contribution in [0.5, 0.6) is 11.5 Å². The maximum absolute atomic E-state index is 12.9. The molecule has 44 heavy (non-hydrogen) atoms. The van der Waals surface area contributed by atoms with Crippen LogP contribution in [0.2, 0.25) is 0 Å². The standard InChI is InChI=1S/C34H22Br4N2O4/c35-21-9-11-23-19(15-21)7-13-29(33(23)37)43-17-31(41)39-27-5-1-3-25-26(27)4-2-6-28(25)40-32(42)18-44-30-14-8-20-16-22(36)10-12-24(20)34(30)38/h1-16H,17-18H2,(H,39,41)(H,40,42). The van der Waals surface area contributed by atoms with Crippen molar-refractivity contribution in [3.8, 4) is 11.5 Å². The lowest BCUT2D eigenvalue weighted by Crippen LogP contribution is -2.21. The Labute approximate surface area is 286 Å². The van der Waals surface area contributed by atoms with Gasteiger partial charge in [-0.3, -0.25) is 9.59 Å². The highest BCUT2D eigenvalue weighted by atomic mass is 79.9. The zero-order chi connectivity index (χ0) is 30.8. The summed E-state index contributed by atoms with van der Waals surface area (Å²) in [6, 6.07) is 30.5. The van der Waals surface area contributed by atoms with E-state index in [0.29, 0.717) is 22.9 Å². The fourth-order valence-electron chi connectivity index (χ4n) is 4.90. The lowest BCUT2D eigenvalue weighted by Gasteiger charge is -2.14. The number of ether oxygens (including phenoxy) is 2. The molecule has 2 N–H and O–H groups in total. The second-order valence-corrected chi connectivity index (χ2v) is 13.3. The summed E-state index contributed by atoms with van der Waals surface area (Å²) in [5.74, 6) is 0.528. The molecule has 6 aromatic carbocycles. The number of carbonyl (C=O) groups is 2. The zero-order valence-electron chi connectivity index (χ0n) is 22.8. The highest BCUT2D eigenvalue weighted by Crippen LogP contribution is 2.36. The lowest BCUT2D eigenvalue weighted by atomic mass is 10.1. The number of benzene rings is 6. The molecule has 0 bridgehead atoms. The van der Waals surface area contributed by atoms with Gasteiger partial charge >= 0.3 is 0 Å². The summed E-state index contributed by atoms with van der Waals surface area (Å²) in [4.78, 5) is 25.8. The van der Waals surface area contributed by atoms with Crippen molar-refractivity contribution in [1.82, 2.24) is 0 Å². The minimum atomic E-state index is -0.309. The van der Waals surface area contributed by atoms with Gasteiger partial charge in [0.15, 0.2) is 13.2 Å². The van der Waals surface area contributed by atoms with Crippen molar-refractivity contribution in [2.75, 3.05) is 23.8 Å². The Balaban J connectivity index is 1.12. The largest absolute Gasteiger partial charge is 0.483 e. The van der Waals surface area contributed by atoms with Crippen LogP contribution in [0.3, 0.4) is 0 Å². The van der Waals surface area contributed by atoms with Gasteiger partial charge in [0, 0.05) is 31.1 Å². The van der Waals surface area contributed by atoms with Gasteiger partial charge in [-0.2, -0.15) is 0 Å². The molecule has 0 aromatic heterocycles. The maximum atomic E-state index is 12.9. The fraction of sp³-hybridized carbons (Fsp3) is 0.0588. The molecule has 0 radical (unpaired) electrons. The van der Waals surface area contributed by atoms with E-state index in [4.69, 9.17) is 9.47 Å². The molecule has 0 heterocycles. The van der Waals surface area contributed by atoms with Gasteiger partial charge in [0.05, 0.1) is 8.95 Å². The molecule has 0 unspecified atom stereocenters. The molecule has 6 aromatic rings. The number of nitrogens with one attached hydrogen (secondary N) is 2. The van der Waals surface area contributed by atoms with Crippen molar-refractivity contribution in [2.45, 2.75) is 0 Å². The zero-order valence-corrected chi connectivity index (χ0v) is 29.1. The van der Waals surface area contributed by atoms with Crippen molar-refractivity contribution < 1.29 is 19.1 Å². The summed E-state index contributed by atoms with van der Waals surface area (Å²) >= 11 is 14.2. The van der Waals surface area contributed by atoms with E-state index in [9.17, 15) is 9.59 Å². The number of rotatable bonds is 8. The first-order chi connectivity index (χ1) is 21.3. The summed E-state index contributed by atoms with van der Waals surface area (Å²) in [5.41, 5.74) is 1.22. The number of anilines is 2. The van der Waals surface area contributed by atoms with E-state index < -0.39 is 0 Å². The number of halogens is 4. The summed E-state index contributed by atoms with van der Waals surface area (Å²) in [5, 5.41) is 11.5. The van der Waals surface area contributed by atoms with Crippen molar-refractivity contribution in [2.24, 2.45) is 0 Å². The molecule has 0 aliphatic rings. The average Bonchev–Trinajstić information content (AvgIpc) is 3.01. The molecule has 6 nitrogen and oxygen atoms in total. The first kappa shape index (κ1) is 30.6. The Morgan fingerprint density at radius 2 is 0.955 bits per heavy atom. The van der Waals surface area contributed by atoms with Gasteiger partial charge in [-0.1, -0.05) is 80.4 Å². The third-order valence-electron chi connectivity index (χ3n) is 6.95. The Kier molecular flexibility index (Phi) is 9.23. The summed E-state index contributed by atoms with van der Waals surface area (Å²) in [7, 11) is 0. The highest BCUT2D eigenvalue weighted by Gasteiger charge is 2.14. The highest BCUT2D eigenvalue weighted by molar-refractivity contribution is 9.11. The van der Waals surface area contributed by atoms with Crippen molar-refractivity contribution >= 4 is 119 Å². The molecule has 2 amide bonds. The Morgan fingerprint density at radius 1 is 0.523 bits per heavy atom. The van der Waals surface area contributed by atoms with Gasteiger partial charge in [0.1, 0.15) is 11.5 Å². The monoisotopic (exact) mass is 838 g/mol. The minimum absolute atomic E-state index is 0.174. The van der Waals surface area contributed by atoms with Crippen LogP contribution in [-0.2, 0) is 9.59 Å². The molecule has 0 fully saturated rings. The Bertz CT molecular complexity index is 1930. The molecule has 0 spiro atoms. The van der Waals surface area contributed by atoms with E-state index in [-0.39, 0.29) is 25.0 Å². The van der Waals surface area contributed by atoms with E-state index in [1.54, 1.807) is 0 Å². The van der Waals surface area contributed by atoms with Gasteiger partial charge in [-0.25, -0.2) is 0 Å². The van der Waals surface area contributed by atoms with E-state index in [0.717, 1.165) is 50.2 Å². The second kappa shape index (κ2) is 13.3. The molecule has 0 aliphatic carbocycles. The molecule has 0 atom stereocenters. The van der Waals surface area contributed by atoms with Crippen LogP contribution >= 0.6 is 63.7 Å². The number of hydrogen-bond acceptors (Lipinski definition) is 4. The van der Waals surface area contributed by atoms with Gasteiger partial charge < -0.3 is 20.1 Å². The summed E-state index contributed by atoms with van der Waals surface area (Å²) in [6.45, 7) is -0.348. The normalized spacial score (nSPS) is 11.1. The molecule has 0 saturated carbocycles. The molecule has 0 aliphatic heterocycles. The van der Waals surface area contributed by atoms with Crippen LogP contribution < -0.4 is 20.1 Å². The maximum Gasteiger partial charge on any atom is 0.262 e. The van der Waals surface area contributed by atoms with Crippen LogP contribution in [0.4, 0.5) is 11.4 Å². The summed E-state index contributed by atoms with van der Waals surface area (Å²) < 4.78 is 15.2. The minimum Gasteiger partial charge on any atom is -0.483 e. The molecule has 0 saturated heterocycles. The van der Waals surface area contributed by atoms with Gasteiger partial charge in [-0.05, 0) is 102 Å². The Hall–Kier alpha value is -3.44. The first-order valence-electron chi connectivity index (χ1n) is 13.4. The number of fused-ring (bicyclic) bond motifs is 3. The smallest absolute Gasteiger partial charge is 0.262 e. The fourth-order valence-corrected chi connectivity index (χ4v) is 6.87. The second-order valence-electron chi connectivity index (χ2n) is 9.87. The molecule has 220 valence electrons. The third kappa shape index (κ3) is 6.63. The van der Waals surface area contributed by atoms with E-state index in [1.807, 2.05) is 97.1 Å². The summed E-state index contributed by atoms with van der Waals surface area (Å²) in [6.07, 6.45) is 0. The number of carbonyl (C=O) groups excluding carboxylic acids is 2. The molecular weight excluding hydrogens is 820 g/mol. The lowest BCUT2D eigenvalue weighted by molar-refractivity contribution is -0.118. The van der Waals surface area contributed by atoms with Crippen LogP contribution in [-0.4, -0.2) is 25.0 Å². The molecular formula is C34H22Br4N2O4. The van der Waals surface area contributed by atoms with Gasteiger partial charge in [0.2, 0.25) is 0 Å². The quantitative estimate of drug-likeness (QED) is 0.160. The van der Waals surface area contributed by atoms with Crippen molar-refractivity contribution in [3.05, 3.63) is 115 Å². The van der Waals surface area contributed by atoms with Crippen LogP contribution in [0.15, 0.2) is 115 Å². The average molecular weight is 842 g/mol. The molecule has 6 rings (SSSR count). The number of amides is 2. The van der Waals surface area contributed by atoms with E-state index in [1.165, 1.54) is 0 Å². The molecule has 10 heteroatoms. The van der Waals surface area contributed by atoms with Crippen LogP contribution in [0.1, 0.15) is 0 Å². The third-order valence-corrected chi connectivity index (χ3v) is 9.57. The van der Waals surface area contributed by atoms with E-state index in [2.05, 4.69) is 74.4 Å².